The lowest BCUT2D eigenvalue weighted by atomic mass is 10.2. The Kier molecular flexibility index (Phi) is 3.18. The highest BCUT2D eigenvalue weighted by Crippen LogP contribution is 2.23. The van der Waals surface area contributed by atoms with E-state index in [1.165, 1.54) is 0 Å². The van der Waals surface area contributed by atoms with Gasteiger partial charge in [-0.15, -0.1) is 15.3 Å². The molecule has 7 heteroatoms. The average Bonchev–Trinajstić information content (AvgIpc) is 3.13. The SMILES string of the molecule is Cc1nnc2ccc(NC3CCN(c4ccccc4)C3=O)nn12. The quantitative estimate of drug-likeness (QED) is 0.796. The summed E-state index contributed by atoms with van der Waals surface area (Å²) < 4.78 is 1.66. The Morgan fingerprint density at radius 2 is 1.96 bits per heavy atom. The van der Waals surface area contributed by atoms with Crippen molar-refractivity contribution in [3.8, 4) is 0 Å². The number of hydrogen-bond donors (Lipinski definition) is 1. The van der Waals surface area contributed by atoms with Gasteiger partial charge in [0.25, 0.3) is 0 Å². The van der Waals surface area contributed by atoms with Gasteiger partial charge in [-0.3, -0.25) is 4.79 Å². The fourth-order valence-corrected chi connectivity index (χ4v) is 2.83. The van der Waals surface area contributed by atoms with Gasteiger partial charge in [-0.2, -0.15) is 4.52 Å². The van der Waals surface area contributed by atoms with Gasteiger partial charge in [0.05, 0.1) is 0 Å². The first kappa shape index (κ1) is 13.7. The summed E-state index contributed by atoms with van der Waals surface area (Å²) in [4.78, 5) is 14.4. The summed E-state index contributed by atoms with van der Waals surface area (Å²) in [6.07, 6.45) is 0.745. The van der Waals surface area contributed by atoms with Crippen LogP contribution in [-0.2, 0) is 4.79 Å². The van der Waals surface area contributed by atoms with E-state index in [4.69, 9.17) is 0 Å². The molecule has 1 fully saturated rings. The van der Waals surface area contributed by atoms with Gasteiger partial charge in [-0.25, -0.2) is 0 Å². The molecule has 23 heavy (non-hydrogen) atoms. The van der Waals surface area contributed by atoms with Crippen LogP contribution in [0.3, 0.4) is 0 Å². The number of benzene rings is 1. The van der Waals surface area contributed by atoms with Crippen LogP contribution in [0.15, 0.2) is 42.5 Å². The number of rotatable bonds is 3. The van der Waals surface area contributed by atoms with Crippen molar-refractivity contribution in [2.45, 2.75) is 19.4 Å². The highest BCUT2D eigenvalue weighted by atomic mass is 16.2. The second-order valence-electron chi connectivity index (χ2n) is 5.55. The molecule has 116 valence electrons. The van der Waals surface area contributed by atoms with Gasteiger partial charge in [0.1, 0.15) is 11.9 Å². The van der Waals surface area contributed by atoms with Crippen molar-refractivity contribution in [2.24, 2.45) is 0 Å². The lowest BCUT2D eigenvalue weighted by Gasteiger charge is -2.17. The standard InChI is InChI=1S/C16H16N6O/c1-11-18-19-15-8-7-14(20-22(11)15)17-13-9-10-21(16(13)23)12-5-3-2-4-6-12/h2-8,13H,9-10H2,1H3,(H,17,20). The molecule has 1 unspecified atom stereocenters. The van der Waals surface area contributed by atoms with E-state index < -0.39 is 0 Å². The number of anilines is 2. The maximum absolute atomic E-state index is 12.6. The molecule has 1 aliphatic rings. The summed E-state index contributed by atoms with van der Waals surface area (Å²) in [6, 6.07) is 13.1. The van der Waals surface area contributed by atoms with Crippen molar-refractivity contribution in [1.82, 2.24) is 19.8 Å². The Morgan fingerprint density at radius 1 is 1.13 bits per heavy atom. The first-order valence-electron chi connectivity index (χ1n) is 7.54. The van der Waals surface area contributed by atoms with E-state index in [0.717, 1.165) is 12.1 Å². The number of amides is 1. The minimum absolute atomic E-state index is 0.0681. The summed E-state index contributed by atoms with van der Waals surface area (Å²) in [5, 5.41) is 15.6. The number of aryl methyl sites for hydroxylation is 1. The monoisotopic (exact) mass is 308 g/mol. The molecule has 0 radical (unpaired) electrons. The highest BCUT2D eigenvalue weighted by Gasteiger charge is 2.32. The Bertz CT molecular complexity index is 859. The molecular weight excluding hydrogens is 292 g/mol. The summed E-state index contributed by atoms with van der Waals surface area (Å²) in [5.41, 5.74) is 1.62. The highest BCUT2D eigenvalue weighted by molar-refractivity contribution is 6.00. The van der Waals surface area contributed by atoms with Gasteiger partial charge in [0, 0.05) is 12.2 Å². The van der Waals surface area contributed by atoms with Crippen LogP contribution in [0.1, 0.15) is 12.2 Å². The van der Waals surface area contributed by atoms with Gasteiger partial charge >= 0.3 is 0 Å². The van der Waals surface area contributed by atoms with Crippen molar-refractivity contribution in [2.75, 3.05) is 16.8 Å². The maximum atomic E-state index is 12.6. The Labute approximate surface area is 132 Å². The van der Waals surface area contributed by atoms with Crippen molar-refractivity contribution < 1.29 is 4.79 Å². The molecule has 1 atom stereocenters. The summed E-state index contributed by atoms with van der Waals surface area (Å²) >= 11 is 0. The van der Waals surface area contributed by atoms with Crippen molar-refractivity contribution in [3.63, 3.8) is 0 Å². The molecule has 7 nitrogen and oxygen atoms in total. The number of para-hydroxylation sites is 1. The first-order chi connectivity index (χ1) is 11.2. The van der Waals surface area contributed by atoms with Crippen molar-refractivity contribution in [1.29, 1.82) is 0 Å². The van der Waals surface area contributed by atoms with Crippen LogP contribution in [0.2, 0.25) is 0 Å². The zero-order valence-electron chi connectivity index (χ0n) is 12.7. The third kappa shape index (κ3) is 2.40. The summed E-state index contributed by atoms with van der Waals surface area (Å²) in [7, 11) is 0. The molecule has 0 saturated carbocycles. The Morgan fingerprint density at radius 3 is 2.78 bits per heavy atom. The predicted octanol–water partition coefficient (Wildman–Crippen LogP) is 1.65. The van der Waals surface area contributed by atoms with Crippen LogP contribution in [-0.4, -0.2) is 38.3 Å². The lowest BCUT2D eigenvalue weighted by Crippen LogP contribution is -2.33. The number of nitrogens with zero attached hydrogens (tertiary/aromatic N) is 5. The van der Waals surface area contributed by atoms with Crippen molar-refractivity contribution >= 4 is 23.1 Å². The van der Waals surface area contributed by atoms with Crippen molar-refractivity contribution in [3.05, 3.63) is 48.3 Å². The summed E-state index contributed by atoms with van der Waals surface area (Å²) in [6.45, 7) is 2.54. The fraction of sp³-hybridized carbons (Fsp3) is 0.250. The van der Waals surface area contributed by atoms with E-state index in [-0.39, 0.29) is 11.9 Å². The van der Waals surface area contributed by atoms with Gasteiger partial charge < -0.3 is 10.2 Å². The molecule has 3 heterocycles. The Balaban J connectivity index is 1.54. The molecule has 1 saturated heterocycles. The lowest BCUT2D eigenvalue weighted by molar-refractivity contribution is -0.117. The molecule has 3 aromatic rings. The number of carbonyl (C=O) groups is 1. The minimum Gasteiger partial charge on any atom is -0.357 e. The molecule has 0 spiro atoms. The van der Waals surface area contributed by atoms with Crippen LogP contribution in [0.4, 0.5) is 11.5 Å². The van der Waals surface area contributed by atoms with Gasteiger partial charge in [0.15, 0.2) is 11.5 Å². The fourth-order valence-electron chi connectivity index (χ4n) is 2.83. The average molecular weight is 308 g/mol. The molecule has 1 aromatic carbocycles. The third-order valence-electron chi connectivity index (χ3n) is 4.01. The van der Waals surface area contributed by atoms with E-state index >= 15 is 0 Å². The van der Waals surface area contributed by atoms with E-state index in [0.29, 0.717) is 23.8 Å². The molecule has 0 aliphatic carbocycles. The number of carbonyl (C=O) groups excluding carboxylic acids is 1. The maximum Gasteiger partial charge on any atom is 0.249 e. The number of hydrogen-bond acceptors (Lipinski definition) is 5. The van der Waals surface area contributed by atoms with Crippen LogP contribution in [0.5, 0.6) is 0 Å². The topological polar surface area (TPSA) is 75.4 Å². The van der Waals surface area contributed by atoms with Gasteiger partial charge in [-0.1, -0.05) is 18.2 Å². The molecular formula is C16H16N6O. The van der Waals surface area contributed by atoms with Crippen LogP contribution in [0, 0.1) is 6.92 Å². The van der Waals surface area contributed by atoms with E-state index in [9.17, 15) is 4.79 Å². The summed E-state index contributed by atoms with van der Waals surface area (Å²) in [5.74, 6) is 1.43. The molecule has 1 N–H and O–H groups in total. The normalized spacial score (nSPS) is 17.9. The smallest absolute Gasteiger partial charge is 0.249 e. The minimum atomic E-state index is -0.267. The largest absolute Gasteiger partial charge is 0.357 e. The van der Waals surface area contributed by atoms with Crippen LogP contribution in [0.25, 0.3) is 5.65 Å². The molecule has 1 amide bonds. The van der Waals surface area contributed by atoms with Gasteiger partial charge in [-0.05, 0) is 37.6 Å². The molecule has 1 aliphatic heterocycles. The molecule has 2 aromatic heterocycles. The first-order valence-corrected chi connectivity index (χ1v) is 7.54. The number of nitrogens with one attached hydrogen (secondary N) is 1. The second-order valence-corrected chi connectivity index (χ2v) is 5.55. The van der Waals surface area contributed by atoms with Crippen LogP contribution < -0.4 is 10.2 Å². The Hall–Kier alpha value is -2.96. The molecule has 4 rings (SSSR count). The van der Waals surface area contributed by atoms with E-state index in [1.807, 2.05) is 49.4 Å². The van der Waals surface area contributed by atoms with E-state index in [2.05, 4.69) is 20.6 Å². The third-order valence-corrected chi connectivity index (χ3v) is 4.01. The zero-order valence-corrected chi connectivity index (χ0v) is 12.7. The molecule has 0 bridgehead atoms. The number of fused-ring (bicyclic) bond motifs is 1. The predicted molar refractivity (Wildman–Crippen MR) is 86.3 cm³/mol. The van der Waals surface area contributed by atoms with Crippen LogP contribution >= 0.6 is 0 Å². The van der Waals surface area contributed by atoms with Gasteiger partial charge in [0.2, 0.25) is 5.91 Å². The zero-order chi connectivity index (χ0) is 15.8. The second kappa shape index (κ2) is 5.35. The number of aromatic nitrogens is 4. The van der Waals surface area contributed by atoms with E-state index in [1.54, 1.807) is 9.42 Å².